The molecule has 0 aromatic heterocycles. The number of carboxylic acids is 1. The molecule has 1 aliphatic carbocycles. The number of amides is 2. The Balaban J connectivity index is 1.35. The minimum atomic E-state index is -1.07. The number of ether oxygens (including phenoxy) is 1. The lowest BCUT2D eigenvalue weighted by atomic mass is 9.89. The largest absolute Gasteiger partial charge is 0.481 e. The molecule has 0 radical (unpaired) electrons. The predicted molar refractivity (Wildman–Crippen MR) is 124 cm³/mol. The van der Waals surface area contributed by atoms with E-state index < -0.39 is 17.6 Å². The molecule has 0 saturated carbocycles. The second-order valence-electron chi connectivity index (χ2n) is 9.14. The molecule has 2 aliphatic rings. The number of fused-ring (bicyclic) bond motifs is 3. The van der Waals surface area contributed by atoms with Crippen LogP contribution < -0.4 is 5.32 Å². The first-order chi connectivity index (χ1) is 15.8. The number of nitrogens with zero attached hydrogens (tertiary/aromatic N) is 1. The van der Waals surface area contributed by atoms with Gasteiger partial charge in [0.1, 0.15) is 12.1 Å². The summed E-state index contributed by atoms with van der Waals surface area (Å²) in [7, 11) is 0. The molecule has 0 bridgehead atoms. The zero-order chi connectivity index (χ0) is 23.6. The number of likely N-dealkylation sites (tertiary alicyclic amines) is 1. The first kappa shape index (κ1) is 22.8. The molecular formula is C26H30N2O5. The lowest BCUT2D eigenvalue weighted by Crippen LogP contribution is -2.62. The predicted octanol–water partition coefficient (Wildman–Crippen LogP) is 4.02. The summed E-state index contributed by atoms with van der Waals surface area (Å²) in [5, 5.41) is 11.6. The van der Waals surface area contributed by atoms with Crippen molar-refractivity contribution in [2.24, 2.45) is 5.92 Å². The molecule has 2 aromatic carbocycles. The smallest absolute Gasteiger partial charge is 0.408 e. The highest BCUT2D eigenvalue weighted by atomic mass is 16.5. The van der Waals surface area contributed by atoms with Crippen molar-refractivity contribution < 1.29 is 24.2 Å². The Morgan fingerprint density at radius 1 is 1.06 bits per heavy atom. The number of carbonyl (C=O) groups excluding carboxylic acids is 2. The van der Waals surface area contributed by atoms with Crippen molar-refractivity contribution in [3.8, 4) is 11.1 Å². The summed E-state index contributed by atoms with van der Waals surface area (Å²) < 4.78 is 5.62. The van der Waals surface area contributed by atoms with Gasteiger partial charge in [-0.1, -0.05) is 55.5 Å². The van der Waals surface area contributed by atoms with Gasteiger partial charge in [-0.05, 0) is 47.9 Å². The van der Waals surface area contributed by atoms with E-state index >= 15 is 0 Å². The summed E-state index contributed by atoms with van der Waals surface area (Å²) in [6.07, 6.45) is 0.474. The minimum absolute atomic E-state index is 0.0443. The number of aliphatic carboxylic acids is 1. The van der Waals surface area contributed by atoms with Gasteiger partial charge in [-0.15, -0.1) is 0 Å². The average Bonchev–Trinajstić information content (AvgIpc) is 3.10. The minimum Gasteiger partial charge on any atom is -0.481 e. The van der Waals surface area contributed by atoms with Gasteiger partial charge in [0.15, 0.2) is 0 Å². The topological polar surface area (TPSA) is 95.9 Å². The van der Waals surface area contributed by atoms with Crippen molar-refractivity contribution in [1.82, 2.24) is 10.2 Å². The van der Waals surface area contributed by atoms with E-state index in [1.807, 2.05) is 31.2 Å². The molecule has 2 aromatic rings. The van der Waals surface area contributed by atoms with Crippen LogP contribution in [0.25, 0.3) is 11.1 Å². The quantitative estimate of drug-likeness (QED) is 0.633. The lowest BCUT2D eigenvalue weighted by molar-refractivity contribution is -0.145. The number of rotatable bonds is 8. The maximum absolute atomic E-state index is 13.0. The van der Waals surface area contributed by atoms with Crippen molar-refractivity contribution in [2.45, 2.75) is 44.6 Å². The fourth-order valence-corrected chi connectivity index (χ4v) is 4.75. The van der Waals surface area contributed by atoms with Crippen LogP contribution in [-0.4, -0.2) is 53.2 Å². The zero-order valence-corrected chi connectivity index (χ0v) is 19.0. The summed E-state index contributed by atoms with van der Waals surface area (Å²) in [6, 6.07) is 16.3. The first-order valence-corrected chi connectivity index (χ1v) is 11.5. The van der Waals surface area contributed by atoms with E-state index in [4.69, 9.17) is 9.84 Å². The Kier molecular flexibility index (Phi) is 6.40. The molecule has 7 nitrogen and oxygen atoms in total. The zero-order valence-electron chi connectivity index (χ0n) is 19.0. The highest BCUT2D eigenvalue weighted by molar-refractivity contribution is 5.90. The van der Waals surface area contributed by atoms with Gasteiger partial charge in [0.25, 0.3) is 0 Å². The SMILES string of the molecule is CCC(C)(NC(=O)OCC1c2ccccc2-c2ccccc21)C(=O)N1CC(CCC(=O)O)C1. The van der Waals surface area contributed by atoms with Gasteiger partial charge in [-0.3, -0.25) is 9.59 Å². The van der Waals surface area contributed by atoms with E-state index in [0.717, 1.165) is 22.3 Å². The van der Waals surface area contributed by atoms with Gasteiger partial charge in [0.2, 0.25) is 5.91 Å². The summed E-state index contributed by atoms with van der Waals surface area (Å²) in [5.74, 6) is -0.835. The van der Waals surface area contributed by atoms with Crippen molar-refractivity contribution in [1.29, 1.82) is 0 Å². The van der Waals surface area contributed by atoms with Crippen LogP contribution in [0, 0.1) is 5.92 Å². The van der Waals surface area contributed by atoms with Crippen LogP contribution >= 0.6 is 0 Å². The maximum Gasteiger partial charge on any atom is 0.408 e. The van der Waals surface area contributed by atoms with Crippen LogP contribution in [0.2, 0.25) is 0 Å². The third-order valence-corrected chi connectivity index (χ3v) is 6.91. The molecule has 1 saturated heterocycles. The van der Waals surface area contributed by atoms with E-state index in [1.54, 1.807) is 11.8 Å². The Morgan fingerprint density at radius 2 is 1.64 bits per heavy atom. The second kappa shape index (κ2) is 9.25. The molecule has 1 heterocycles. The fraction of sp³-hybridized carbons (Fsp3) is 0.423. The van der Waals surface area contributed by atoms with Gasteiger partial charge in [0, 0.05) is 25.4 Å². The molecule has 2 N–H and O–H groups in total. The highest BCUT2D eigenvalue weighted by Gasteiger charge is 2.42. The van der Waals surface area contributed by atoms with Crippen molar-refractivity contribution >= 4 is 18.0 Å². The standard InChI is InChI=1S/C26H30N2O5/c1-3-26(2,24(31)28-14-17(15-28)12-13-23(29)30)27-25(32)33-16-22-20-10-6-4-8-18(20)19-9-5-7-11-21(19)22/h4-11,17,22H,3,12-16H2,1-2H3,(H,27,32)(H,29,30). The monoisotopic (exact) mass is 450 g/mol. The van der Waals surface area contributed by atoms with Crippen LogP contribution in [0.5, 0.6) is 0 Å². The molecule has 2 amide bonds. The molecule has 0 spiro atoms. The van der Waals surface area contributed by atoms with Gasteiger partial charge < -0.3 is 20.1 Å². The Hall–Kier alpha value is -3.35. The molecule has 1 atom stereocenters. The van der Waals surface area contributed by atoms with E-state index in [1.165, 1.54) is 0 Å². The number of hydrogen-bond acceptors (Lipinski definition) is 4. The Labute approximate surface area is 193 Å². The Morgan fingerprint density at radius 3 is 2.18 bits per heavy atom. The first-order valence-electron chi connectivity index (χ1n) is 11.5. The molecular weight excluding hydrogens is 420 g/mol. The van der Waals surface area contributed by atoms with Crippen LogP contribution in [0.4, 0.5) is 4.79 Å². The van der Waals surface area contributed by atoms with Gasteiger partial charge in [0.05, 0.1) is 0 Å². The van der Waals surface area contributed by atoms with Crippen molar-refractivity contribution in [3.63, 3.8) is 0 Å². The van der Waals surface area contributed by atoms with Crippen LogP contribution in [0.1, 0.15) is 50.2 Å². The van der Waals surface area contributed by atoms with E-state index in [-0.39, 0.29) is 30.8 Å². The molecule has 1 unspecified atom stereocenters. The van der Waals surface area contributed by atoms with Gasteiger partial charge in [-0.25, -0.2) is 4.79 Å². The second-order valence-corrected chi connectivity index (χ2v) is 9.14. The van der Waals surface area contributed by atoms with E-state index in [9.17, 15) is 14.4 Å². The third kappa shape index (κ3) is 4.58. The van der Waals surface area contributed by atoms with Crippen LogP contribution in [-0.2, 0) is 14.3 Å². The summed E-state index contributed by atoms with van der Waals surface area (Å²) in [5.41, 5.74) is 3.51. The van der Waals surface area contributed by atoms with Gasteiger partial charge >= 0.3 is 12.1 Å². The van der Waals surface area contributed by atoms with E-state index in [2.05, 4.69) is 29.6 Å². The normalized spacial score (nSPS) is 16.8. The summed E-state index contributed by atoms with van der Waals surface area (Å²) in [6.45, 7) is 4.79. The number of alkyl carbamates (subject to hydrolysis) is 1. The number of carboxylic acid groups (broad SMARTS) is 1. The Bertz CT molecular complexity index is 1020. The number of benzene rings is 2. The lowest BCUT2D eigenvalue weighted by Gasteiger charge is -2.44. The average molecular weight is 451 g/mol. The number of hydrogen-bond donors (Lipinski definition) is 2. The molecule has 7 heteroatoms. The molecule has 33 heavy (non-hydrogen) atoms. The van der Waals surface area contributed by atoms with Gasteiger partial charge in [-0.2, -0.15) is 0 Å². The van der Waals surface area contributed by atoms with E-state index in [0.29, 0.717) is 25.9 Å². The third-order valence-electron chi connectivity index (χ3n) is 6.91. The highest BCUT2D eigenvalue weighted by Crippen LogP contribution is 2.44. The summed E-state index contributed by atoms with van der Waals surface area (Å²) >= 11 is 0. The number of nitrogens with one attached hydrogen (secondary N) is 1. The van der Waals surface area contributed by atoms with Crippen LogP contribution in [0.15, 0.2) is 48.5 Å². The van der Waals surface area contributed by atoms with Crippen molar-refractivity contribution in [2.75, 3.05) is 19.7 Å². The molecule has 174 valence electrons. The maximum atomic E-state index is 13.0. The fourth-order valence-electron chi connectivity index (χ4n) is 4.75. The van der Waals surface area contributed by atoms with Crippen molar-refractivity contribution in [3.05, 3.63) is 59.7 Å². The van der Waals surface area contributed by atoms with Crippen LogP contribution in [0.3, 0.4) is 0 Å². The molecule has 4 rings (SSSR count). The molecule has 1 aliphatic heterocycles. The number of carbonyl (C=O) groups is 3. The molecule has 1 fully saturated rings. The summed E-state index contributed by atoms with van der Waals surface area (Å²) in [4.78, 5) is 38.1.